The van der Waals surface area contributed by atoms with Gasteiger partial charge in [0, 0.05) is 12.0 Å². The number of aryl methyl sites for hydroxylation is 1. The standard InChI is InChI=1S/C22H24ClF3N2O4S/c1-13-5-8-19-15(9-13)18(11-21(2,3)32-19)27-20(29)12-28(33(4,30)31)14-6-7-17(23)16(10-14)22(24,25)26/h5-10,18H,11-12H2,1-4H3,(H,27,29). The monoisotopic (exact) mass is 504 g/mol. The van der Waals surface area contributed by atoms with Crippen LogP contribution in [0.3, 0.4) is 0 Å². The largest absolute Gasteiger partial charge is 0.487 e. The van der Waals surface area contributed by atoms with Crippen LogP contribution >= 0.6 is 11.6 Å². The molecule has 1 aliphatic rings. The summed E-state index contributed by atoms with van der Waals surface area (Å²) in [4.78, 5) is 12.9. The lowest BCUT2D eigenvalue weighted by molar-refractivity contribution is -0.137. The maximum Gasteiger partial charge on any atom is 0.417 e. The topological polar surface area (TPSA) is 75.7 Å². The summed E-state index contributed by atoms with van der Waals surface area (Å²) in [6, 6.07) is 7.79. The number of halogens is 4. The van der Waals surface area contributed by atoms with Crippen LogP contribution in [0.25, 0.3) is 0 Å². The molecule has 2 aromatic carbocycles. The van der Waals surface area contributed by atoms with E-state index in [4.69, 9.17) is 16.3 Å². The van der Waals surface area contributed by atoms with Gasteiger partial charge in [0.1, 0.15) is 17.9 Å². The fourth-order valence-electron chi connectivity index (χ4n) is 3.76. The molecule has 2 aromatic rings. The highest BCUT2D eigenvalue weighted by molar-refractivity contribution is 7.92. The Morgan fingerprint density at radius 1 is 1.24 bits per heavy atom. The van der Waals surface area contributed by atoms with Crippen molar-refractivity contribution in [3.05, 3.63) is 58.1 Å². The van der Waals surface area contributed by atoms with E-state index in [0.29, 0.717) is 22.5 Å². The molecule has 1 amide bonds. The molecule has 0 aromatic heterocycles. The second-order valence-corrected chi connectivity index (χ2v) is 11.0. The average molecular weight is 505 g/mol. The molecule has 1 atom stereocenters. The minimum Gasteiger partial charge on any atom is -0.487 e. The van der Waals surface area contributed by atoms with Gasteiger partial charge in [-0.05, 0) is 45.0 Å². The number of benzene rings is 2. The molecule has 1 N–H and O–H groups in total. The molecule has 3 rings (SSSR count). The number of carbonyl (C=O) groups excluding carboxylic acids is 1. The van der Waals surface area contributed by atoms with Crippen LogP contribution in [0, 0.1) is 6.92 Å². The van der Waals surface area contributed by atoms with Gasteiger partial charge < -0.3 is 10.1 Å². The summed E-state index contributed by atoms with van der Waals surface area (Å²) in [7, 11) is -4.08. The summed E-state index contributed by atoms with van der Waals surface area (Å²) >= 11 is 5.64. The van der Waals surface area contributed by atoms with Crippen LogP contribution in [0.4, 0.5) is 18.9 Å². The van der Waals surface area contributed by atoms with Crippen molar-refractivity contribution in [2.75, 3.05) is 17.1 Å². The molecule has 33 heavy (non-hydrogen) atoms. The van der Waals surface area contributed by atoms with E-state index in [1.165, 1.54) is 0 Å². The Labute approximate surface area is 195 Å². The van der Waals surface area contributed by atoms with Gasteiger partial charge in [-0.2, -0.15) is 13.2 Å². The number of nitrogens with zero attached hydrogens (tertiary/aromatic N) is 1. The molecule has 0 fully saturated rings. The smallest absolute Gasteiger partial charge is 0.417 e. The Balaban J connectivity index is 1.90. The third-order valence-electron chi connectivity index (χ3n) is 5.19. The molecule has 0 radical (unpaired) electrons. The lowest BCUT2D eigenvalue weighted by Crippen LogP contribution is -2.45. The second-order valence-electron chi connectivity index (χ2n) is 8.66. The number of sulfonamides is 1. The highest BCUT2D eigenvalue weighted by atomic mass is 35.5. The van der Waals surface area contributed by atoms with Crippen molar-refractivity contribution in [1.29, 1.82) is 0 Å². The highest BCUT2D eigenvalue weighted by Gasteiger charge is 2.36. The van der Waals surface area contributed by atoms with E-state index >= 15 is 0 Å². The van der Waals surface area contributed by atoms with Crippen molar-refractivity contribution in [3.8, 4) is 5.75 Å². The van der Waals surface area contributed by atoms with Gasteiger partial charge in [0.2, 0.25) is 15.9 Å². The van der Waals surface area contributed by atoms with Crippen molar-refractivity contribution in [2.24, 2.45) is 0 Å². The van der Waals surface area contributed by atoms with E-state index < -0.39 is 50.9 Å². The molecule has 1 unspecified atom stereocenters. The fourth-order valence-corrected chi connectivity index (χ4v) is 4.83. The summed E-state index contributed by atoms with van der Waals surface area (Å²) in [5.41, 5.74) is -0.386. The summed E-state index contributed by atoms with van der Waals surface area (Å²) < 4.78 is 71.1. The lowest BCUT2D eigenvalue weighted by atomic mass is 9.89. The van der Waals surface area contributed by atoms with Crippen LogP contribution in [0.1, 0.15) is 43.0 Å². The van der Waals surface area contributed by atoms with E-state index in [9.17, 15) is 26.4 Å². The van der Waals surface area contributed by atoms with Crippen LogP contribution in [-0.4, -0.2) is 32.7 Å². The van der Waals surface area contributed by atoms with E-state index in [-0.39, 0.29) is 5.69 Å². The van der Waals surface area contributed by atoms with Crippen molar-refractivity contribution >= 4 is 33.2 Å². The minimum atomic E-state index is -4.78. The van der Waals surface area contributed by atoms with E-state index in [1.807, 2.05) is 32.9 Å². The first-order chi connectivity index (χ1) is 15.1. The summed E-state index contributed by atoms with van der Waals surface area (Å²) in [6.07, 6.45) is -3.54. The molecule has 0 saturated carbocycles. The van der Waals surface area contributed by atoms with Crippen LogP contribution in [0.5, 0.6) is 5.75 Å². The van der Waals surface area contributed by atoms with Gasteiger partial charge in [-0.25, -0.2) is 8.42 Å². The van der Waals surface area contributed by atoms with Gasteiger partial charge in [-0.3, -0.25) is 9.10 Å². The molecule has 0 saturated heterocycles. The Kier molecular flexibility index (Phi) is 6.65. The summed E-state index contributed by atoms with van der Waals surface area (Å²) in [5, 5.41) is 2.24. The fraction of sp³-hybridized carbons (Fsp3) is 0.409. The highest BCUT2D eigenvalue weighted by Crippen LogP contribution is 2.40. The number of hydrogen-bond acceptors (Lipinski definition) is 4. The Bertz CT molecular complexity index is 1180. The van der Waals surface area contributed by atoms with Gasteiger partial charge in [-0.1, -0.05) is 29.3 Å². The van der Waals surface area contributed by atoms with Gasteiger partial charge in [-0.15, -0.1) is 0 Å². The summed E-state index contributed by atoms with van der Waals surface area (Å²) in [6.45, 7) is 4.92. The number of amides is 1. The second kappa shape index (κ2) is 8.72. The van der Waals surface area contributed by atoms with Gasteiger partial charge >= 0.3 is 6.18 Å². The molecule has 0 bridgehead atoms. The molecule has 180 valence electrons. The van der Waals surface area contributed by atoms with Gasteiger partial charge in [0.25, 0.3) is 0 Å². The number of fused-ring (bicyclic) bond motifs is 1. The number of nitrogens with one attached hydrogen (secondary N) is 1. The van der Waals surface area contributed by atoms with Crippen LogP contribution in [0.15, 0.2) is 36.4 Å². The molecule has 1 aliphatic heterocycles. The average Bonchev–Trinajstić information content (AvgIpc) is 2.65. The van der Waals surface area contributed by atoms with E-state index in [2.05, 4.69) is 5.32 Å². The zero-order valence-corrected chi connectivity index (χ0v) is 20.0. The number of alkyl halides is 3. The Morgan fingerprint density at radius 2 is 1.91 bits per heavy atom. The molecule has 11 heteroatoms. The lowest BCUT2D eigenvalue weighted by Gasteiger charge is -2.38. The third-order valence-corrected chi connectivity index (χ3v) is 6.66. The molecule has 0 aliphatic carbocycles. The molecule has 0 spiro atoms. The predicted octanol–water partition coefficient (Wildman–Crippen LogP) is 4.85. The quantitative estimate of drug-likeness (QED) is 0.631. The number of carbonyl (C=O) groups is 1. The van der Waals surface area contributed by atoms with Crippen molar-refractivity contribution in [3.63, 3.8) is 0 Å². The maximum absolute atomic E-state index is 13.3. The Hall–Kier alpha value is -2.46. The van der Waals surface area contributed by atoms with Gasteiger partial charge in [0.05, 0.1) is 28.6 Å². The van der Waals surface area contributed by atoms with Gasteiger partial charge in [0.15, 0.2) is 0 Å². The van der Waals surface area contributed by atoms with E-state index in [1.54, 1.807) is 6.07 Å². The van der Waals surface area contributed by atoms with Crippen LogP contribution in [0.2, 0.25) is 5.02 Å². The minimum absolute atomic E-state index is 0.312. The number of rotatable bonds is 5. The first-order valence-electron chi connectivity index (χ1n) is 10.0. The third kappa shape index (κ3) is 5.92. The normalized spacial score (nSPS) is 17.6. The van der Waals surface area contributed by atoms with E-state index in [0.717, 1.165) is 29.5 Å². The zero-order chi connectivity index (χ0) is 24.8. The first kappa shape index (κ1) is 25.2. The summed E-state index contributed by atoms with van der Waals surface area (Å²) in [5.74, 6) is -0.0614. The molecular weight excluding hydrogens is 481 g/mol. The van der Waals surface area contributed by atoms with Crippen molar-refractivity contribution in [2.45, 2.75) is 45.0 Å². The zero-order valence-electron chi connectivity index (χ0n) is 18.5. The molecule has 6 nitrogen and oxygen atoms in total. The number of anilines is 1. The molecular formula is C22H24ClF3N2O4S. The van der Waals surface area contributed by atoms with Crippen LogP contribution in [-0.2, 0) is 21.0 Å². The first-order valence-corrected chi connectivity index (χ1v) is 12.2. The maximum atomic E-state index is 13.3. The SMILES string of the molecule is Cc1ccc2c(c1)C(NC(=O)CN(c1ccc(Cl)c(C(F)(F)F)c1)S(C)(=O)=O)CC(C)(C)O2. The number of ether oxygens (including phenoxy) is 1. The Morgan fingerprint density at radius 3 is 2.52 bits per heavy atom. The van der Waals surface area contributed by atoms with Crippen molar-refractivity contribution < 1.29 is 31.1 Å². The van der Waals surface area contributed by atoms with Crippen molar-refractivity contribution in [1.82, 2.24) is 5.32 Å². The molecule has 1 heterocycles. The van der Waals surface area contributed by atoms with Crippen LogP contribution < -0.4 is 14.4 Å². The predicted molar refractivity (Wildman–Crippen MR) is 120 cm³/mol. The number of hydrogen-bond donors (Lipinski definition) is 1.